The lowest BCUT2D eigenvalue weighted by atomic mass is 10.0. The molecule has 0 unspecified atom stereocenters. The molecule has 1 nitrogen and oxygen atoms in total. The number of nitrogens with zero attached hydrogens (tertiary/aromatic N) is 1. The van der Waals surface area contributed by atoms with Gasteiger partial charge < -0.3 is 4.90 Å². The summed E-state index contributed by atoms with van der Waals surface area (Å²) in [5.41, 5.74) is 8.26. The summed E-state index contributed by atoms with van der Waals surface area (Å²) in [6, 6.07) is 58.7. The Kier molecular flexibility index (Phi) is 5.88. The molecule has 0 aliphatic carbocycles. The minimum absolute atomic E-state index is 1.13. The van der Waals surface area contributed by atoms with Crippen LogP contribution in [-0.4, -0.2) is 0 Å². The monoisotopic (exact) mass is 497 g/mol. The molecule has 0 aliphatic rings. The van der Waals surface area contributed by atoms with Crippen LogP contribution in [0.1, 0.15) is 0 Å². The fourth-order valence-electron chi connectivity index (χ4n) is 5.45. The van der Waals surface area contributed by atoms with Gasteiger partial charge in [-0.25, -0.2) is 0 Å². The quantitative estimate of drug-likeness (QED) is 0.214. The van der Waals surface area contributed by atoms with Crippen LogP contribution in [0.15, 0.2) is 164 Å². The van der Waals surface area contributed by atoms with Gasteiger partial charge >= 0.3 is 0 Å². The van der Waals surface area contributed by atoms with E-state index < -0.39 is 0 Å². The molecule has 0 bridgehead atoms. The molecular formula is C38H27N. The highest BCUT2D eigenvalue weighted by molar-refractivity contribution is 6.08. The molecule has 7 rings (SSSR count). The van der Waals surface area contributed by atoms with E-state index in [-0.39, 0.29) is 0 Å². The van der Waals surface area contributed by atoms with E-state index >= 15 is 0 Å². The Morgan fingerprint density at radius 2 is 0.718 bits per heavy atom. The minimum Gasteiger partial charge on any atom is -0.310 e. The Bertz CT molecular complexity index is 1790. The van der Waals surface area contributed by atoms with Crippen LogP contribution < -0.4 is 4.90 Å². The molecule has 0 saturated heterocycles. The van der Waals surface area contributed by atoms with E-state index in [9.17, 15) is 0 Å². The first-order chi connectivity index (χ1) is 19.3. The second kappa shape index (κ2) is 9.96. The lowest BCUT2D eigenvalue weighted by molar-refractivity contribution is 1.29. The summed E-state index contributed by atoms with van der Waals surface area (Å²) in [6.45, 7) is 0. The van der Waals surface area contributed by atoms with Crippen LogP contribution >= 0.6 is 0 Å². The van der Waals surface area contributed by atoms with Gasteiger partial charge in [0.25, 0.3) is 0 Å². The molecule has 39 heavy (non-hydrogen) atoms. The van der Waals surface area contributed by atoms with Crippen molar-refractivity contribution in [2.75, 3.05) is 4.90 Å². The van der Waals surface area contributed by atoms with Crippen LogP contribution in [0.5, 0.6) is 0 Å². The molecule has 0 fully saturated rings. The predicted molar refractivity (Wildman–Crippen MR) is 167 cm³/mol. The average molecular weight is 498 g/mol. The van der Waals surface area contributed by atoms with E-state index in [1.807, 2.05) is 0 Å². The van der Waals surface area contributed by atoms with Crippen LogP contribution in [0.3, 0.4) is 0 Å². The molecular weight excluding hydrogens is 470 g/mol. The van der Waals surface area contributed by atoms with Crippen molar-refractivity contribution in [3.8, 4) is 22.3 Å². The third-order valence-corrected chi connectivity index (χ3v) is 7.45. The Labute approximate surface area is 229 Å². The number of fused-ring (bicyclic) bond motifs is 3. The first-order valence-corrected chi connectivity index (χ1v) is 13.4. The minimum atomic E-state index is 1.13. The first kappa shape index (κ1) is 23.0. The molecule has 0 atom stereocenters. The van der Waals surface area contributed by atoms with Crippen molar-refractivity contribution >= 4 is 38.6 Å². The summed E-state index contributed by atoms with van der Waals surface area (Å²) >= 11 is 0. The topological polar surface area (TPSA) is 3.24 Å². The number of rotatable bonds is 5. The van der Waals surface area contributed by atoms with Crippen molar-refractivity contribution in [3.63, 3.8) is 0 Å². The van der Waals surface area contributed by atoms with E-state index in [0.717, 1.165) is 17.1 Å². The molecule has 0 spiro atoms. The van der Waals surface area contributed by atoms with Crippen LogP contribution in [-0.2, 0) is 0 Å². The molecule has 0 aliphatic heterocycles. The summed E-state index contributed by atoms with van der Waals surface area (Å²) < 4.78 is 0. The van der Waals surface area contributed by atoms with Crippen molar-refractivity contribution in [1.82, 2.24) is 0 Å². The molecule has 1 heteroatoms. The fourth-order valence-corrected chi connectivity index (χ4v) is 5.45. The highest BCUT2D eigenvalue weighted by atomic mass is 15.1. The van der Waals surface area contributed by atoms with Gasteiger partial charge in [0.2, 0.25) is 0 Å². The zero-order valence-electron chi connectivity index (χ0n) is 21.5. The van der Waals surface area contributed by atoms with Gasteiger partial charge in [0.05, 0.1) is 0 Å². The summed E-state index contributed by atoms with van der Waals surface area (Å²) in [4.78, 5) is 2.35. The summed E-state index contributed by atoms with van der Waals surface area (Å²) in [5, 5.41) is 5.06. The molecule has 0 saturated carbocycles. The molecule has 0 amide bonds. The smallest absolute Gasteiger partial charge is 0.0468 e. The fraction of sp³-hybridized carbons (Fsp3) is 0. The van der Waals surface area contributed by atoms with Crippen molar-refractivity contribution in [1.29, 1.82) is 0 Å². The third-order valence-electron chi connectivity index (χ3n) is 7.45. The summed E-state index contributed by atoms with van der Waals surface area (Å²) in [7, 11) is 0. The van der Waals surface area contributed by atoms with Crippen molar-refractivity contribution in [2.45, 2.75) is 0 Å². The predicted octanol–water partition coefficient (Wildman–Crippen LogP) is 10.8. The number of hydrogen-bond acceptors (Lipinski definition) is 1. The normalized spacial score (nSPS) is 11.1. The maximum Gasteiger partial charge on any atom is 0.0468 e. The zero-order chi connectivity index (χ0) is 26.0. The maximum absolute atomic E-state index is 2.35. The van der Waals surface area contributed by atoms with Gasteiger partial charge in [0.15, 0.2) is 0 Å². The lowest BCUT2D eigenvalue weighted by Crippen LogP contribution is -2.09. The van der Waals surface area contributed by atoms with Crippen LogP contribution in [0.25, 0.3) is 43.8 Å². The maximum atomic E-state index is 2.35. The van der Waals surface area contributed by atoms with Crippen molar-refractivity contribution in [2.24, 2.45) is 0 Å². The van der Waals surface area contributed by atoms with E-state index in [0.29, 0.717) is 0 Å². The second-order valence-corrected chi connectivity index (χ2v) is 9.85. The highest BCUT2D eigenvalue weighted by Crippen LogP contribution is 2.38. The third kappa shape index (κ3) is 4.45. The van der Waals surface area contributed by atoms with Gasteiger partial charge in [-0.3, -0.25) is 0 Å². The van der Waals surface area contributed by atoms with Gasteiger partial charge in [-0.2, -0.15) is 0 Å². The molecule has 0 aromatic heterocycles. The number of anilines is 3. The van der Waals surface area contributed by atoms with E-state index in [2.05, 4.69) is 169 Å². The van der Waals surface area contributed by atoms with E-state index in [4.69, 9.17) is 0 Å². The Morgan fingerprint density at radius 3 is 1.31 bits per heavy atom. The van der Waals surface area contributed by atoms with E-state index in [1.54, 1.807) is 0 Å². The second-order valence-electron chi connectivity index (χ2n) is 9.85. The largest absolute Gasteiger partial charge is 0.310 e. The van der Waals surface area contributed by atoms with E-state index in [1.165, 1.54) is 43.8 Å². The van der Waals surface area contributed by atoms with Gasteiger partial charge in [-0.05, 0) is 80.2 Å². The van der Waals surface area contributed by atoms with Gasteiger partial charge in [-0.1, -0.05) is 127 Å². The van der Waals surface area contributed by atoms with Crippen LogP contribution in [0.4, 0.5) is 17.1 Å². The van der Waals surface area contributed by atoms with Gasteiger partial charge in [0, 0.05) is 17.1 Å². The molecule has 0 N–H and O–H groups in total. The molecule has 0 radical (unpaired) electrons. The van der Waals surface area contributed by atoms with Crippen molar-refractivity contribution in [3.05, 3.63) is 164 Å². The molecule has 0 heterocycles. The molecule has 7 aromatic rings. The van der Waals surface area contributed by atoms with Crippen molar-refractivity contribution < 1.29 is 0 Å². The highest BCUT2D eigenvalue weighted by Gasteiger charge is 2.14. The zero-order valence-corrected chi connectivity index (χ0v) is 21.5. The summed E-state index contributed by atoms with van der Waals surface area (Å²) in [6.07, 6.45) is 0. The Balaban J connectivity index is 1.34. The Hall–Kier alpha value is -5.14. The summed E-state index contributed by atoms with van der Waals surface area (Å²) in [5.74, 6) is 0. The molecule has 7 aromatic carbocycles. The average Bonchev–Trinajstić information content (AvgIpc) is 3.02. The SMILES string of the molecule is c1ccc(-c2ccc(N(c3ccc(-c4ccccc4)cc3)c3ccc4c(ccc5ccccc54)c3)cc2)cc1. The number of benzene rings is 7. The number of hydrogen-bond donors (Lipinski definition) is 0. The van der Waals surface area contributed by atoms with Crippen LogP contribution in [0, 0.1) is 0 Å². The van der Waals surface area contributed by atoms with Gasteiger partial charge in [-0.15, -0.1) is 0 Å². The van der Waals surface area contributed by atoms with Gasteiger partial charge in [0.1, 0.15) is 0 Å². The van der Waals surface area contributed by atoms with Crippen LogP contribution in [0.2, 0.25) is 0 Å². The first-order valence-electron chi connectivity index (χ1n) is 13.4. The lowest BCUT2D eigenvalue weighted by Gasteiger charge is -2.26. The molecule has 184 valence electrons. The standard InChI is InChI=1S/C38H27N/c1-3-9-28(10-4-1)30-17-21-34(22-18-30)39(35-23-19-31(20-24-35)29-11-5-2-6-12-29)36-25-26-38-33(27-36)16-15-32-13-7-8-14-37(32)38/h1-27H. The Morgan fingerprint density at radius 1 is 0.282 bits per heavy atom.